The molecule has 0 aliphatic carbocycles. The van der Waals surface area contributed by atoms with Crippen molar-refractivity contribution in [2.24, 2.45) is 0 Å². The van der Waals surface area contributed by atoms with Crippen molar-refractivity contribution in [3.63, 3.8) is 0 Å². The number of hydrogen-bond acceptors (Lipinski definition) is 2. The Kier molecular flexibility index (Phi) is 3.66. The van der Waals surface area contributed by atoms with Crippen molar-refractivity contribution in [3.05, 3.63) is 33.9 Å². The zero-order valence-corrected chi connectivity index (χ0v) is 13.2. The third kappa shape index (κ3) is 2.44. The van der Waals surface area contributed by atoms with Gasteiger partial charge in [0.15, 0.2) is 0 Å². The molecule has 0 radical (unpaired) electrons. The van der Waals surface area contributed by atoms with E-state index in [2.05, 4.69) is 13.8 Å². The summed E-state index contributed by atoms with van der Waals surface area (Å²) in [5.41, 5.74) is 0.950. The Morgan fingerprint density at radius 1 is 1.41 bits per heavy atom. The van der Waals surface area contributed by atoms with Gasteiger partial charge in [-0.2, -0.15) is 0 Å². The van der Waals surface area contributed by atoms with Crippen LogP contribution in [0.1, 0.15) is 19.4 Å². The molecule has 1 atom stereocenters. The van der Waals surface area contributed by atoms with Crippen LogP contribution in [0.5, 0.6) is 0 Å². The van der Waals surface area contributed by atoms with E-state index < -0.39 is 15.5 Å². The van der Waals surface area contributed by atoms with Gasteiger partial charge in [-0.1, -0.05) is 0 Å². The Bertz CT molecular complexity index is 625. The zero-order valence-electron chi connectivity index (χ0n) is 9.17. The van der Waals surface area contributed by atoms with E-state index in [0.29, 0.717) is 5.25 Å². The third-order valence-electron chi connectivity index (χ3n) is 2.25. The Morgan fingerprint density at radius 3 is 2.59 bits per heavy atom. The number of nitrogens with zero attached hydrogens (tertiary/aromatic N) is 1. The summed E-state index contributed by atoms with van der Waals surface area (Å²) in [5, 5.41) is 11.1. The van der Waals surface area contributed by atoms with Crippen molar-refractivity contribution in [2.75, 3.05) is 0 Å². The fraction of sp³-hybridized carbons (Fsp3) is 0.300. The number of rotatable bonds is 2. The minimum atomic E-state index is -2.81. The molecule has 0 fully saturated rings. The van der Waals surface area contributed by atoms with E-state index in [0.717, 1.165) is 10.5 Å². The zero-order chi connectivity index (χ0) is 12.8. The number of non-ortho nitro benzene ring substituents is 1. The number of benzene rings is 1. The molecule has 17 heavy (non-hydrogen) atoms. The van der Waals surface area contributed by atoms with Crippen molar-refractivity contribution in [1.29, 1.82) is 0 Å². The second kappa shape index (κ2) is 4.62. The maximum absolute atomic E-state index is 10.7. The average Bonchev–Trinajstić information content (AvgIpc) is 2.45. The van der Waals surface area contributed by atoms with Crippen LogP contribution >= 0.6 is 27.8 Å². The molecule has 96 valence electrons. The third-order valence-corrected chi connectivity index (χ3v) is 17.6. The molecule has 1 aliphatic heterocycles. The Labute approximate surface area is 111 Å². The summed E-state index contributed by atoms with van der Waals surface area (Å²) < 4.78 is 1.88. The van der Waals surface area contributed by atoms with Gasteiger partial charge < -0.3 is 0 Å². The van der Waals surface area contributed by atoms with Gasteiger partial charge in [0.1, 0.15) is 0 Å². The Balaban J connectivity index is 2.67. The molecule has 3 nitrogen and oxygen atoms in total. The predicted octanol–water partition coefficient (Wildman–Crippen LogP) is 4.17. The summed E-state index contributed by atoms with van der Waals surface area (Å²) >= 11 is 0. The number of hydrogen-bond donors (Lipinski definition) is 0. The van der Waals surface area contributed by atoms with Crippen molar-refractivity contribution in [2.45, 2.75) is 24.0 Å². The van der Waals surface area contributed by atoms with E-state index >= 15 is 0 Å². The van der Waals surface area contributed by atoms with Gasteiger partial charge >= 0.3 is 111 Å². The normalized spacial score (nSPS) is 23.0. The first-order chi connectivity index (χ1) is 7.83. The number of fused-ring (bicyclic) bond motifs is 1. The van der Waals surface area contributed by atoms with E-state index in [-0.39, 0.29) is 14.1 Å². The molecule has 2 rings (SSSR count). The van der Waals surface area contributed by atoms with Crippen LogP contribution in [0, 0.1) is 10.1 Å². The summed E-state index contributed by atoms with van der Waals surface area (Å²) in [4.78, 5) is 11.4. The fourth-order valence-corrected chi connectivity index (χ4v) is 19.2. The molecule has 0 amide bonds. The molecule has 7 heteroatoms. The standard InChI is InChI=1S/C10H11NO2S.2ClH.Ru/c1-7(2)14-10-5-4-9(11(12)13)6-8(10)3;;;/h3-7H,1-2H3;2*1H;/q;;;+2/p-2. The predicted molar refractivity (Wildman–Crippen MR) is 71.0 cm³/mol. The number of nitro benzene ring substituents is 1. The number of nitro groups is 1. The first-order valence-electron chi connectivity index (χ1n) is 4.83. The van der Waals surface area contributed by atoms with Crippen LogP contribution in [-0.4, -0.2) is 14.8 Å². The van der Waals surface area contributed by atoms with Crippen LogP contribution in [0.15, 0.2) is 23.1 Å². The van der Waals surface area contributed by atoms with Gasteiger partial charge in [-0.25, -0.2) is 0 Å². The van der Waals surface area contributed by atoms with Crippen LogP contribution in [0.25, 0.3) is 0 Å². The average molecular weight is 381 g/mol. The molecular formula is C10H11Cl2NO2RuS. The van der Waals surface area contributed by atoms with Crippen LogP contribution < -0.4 is 0 Å². The fourth-order valence-electron chi connectivity index (χ4n) is 1.65. The second-order valence-electron chi connectivity index (χ2n) is 3.80. The van der Waals surface area contributed by atoms with Crippen LogP contribution in [0.4, 0.5) is 5.69 Å². The van der Waals surface area contributed by atoms with Gasteiger partial charge in [-0.15, -0.1) is 0 Å². The van der Waals surface area contributed by atoms with Crippen molar-refractivity contribution in [1.82, 2.24) is 0 Å². The molecule has 0 spiro atoms. The molecule has 0 aromatic heterocycles. The van der Waals surface area contributed by atoms with Crippen molar-refractivity contribution in [3.8, 4) is 0 Å². The molecule has 1 aromatic rings. The molecule has 0 saturated heterocycles. The maximum atomic E-state index is 10.7. The molecule has 0 N–H and O–H groups in total. The summed E-state index contributed by atoms with van der Waals surface area (Å²) in [6.07, 6.45) is 0. The van der Waals surface area contributed by atoms with Crippen molar-refractivity contribution < 1.29 is 15.5 Å². The molecular weight excluding hydrogens is 370 g/mol. The Morgan fingerprint density at radius 2 is 2.06 bits per heavy atom. The number of halogens is 2. The van der Waals surface area contributed by atoms with Gasteiger partial charge in [0.2, 0.25) is 0 Å². The monoisotopic (exact) mass is 381 g/mol. The molecule has 1 aliphatic rings. The van der Waals surface area contributed by atoms with Crippen LogP contribution in [0.3, 0.4) is 0 Å². The summed E-state index contributed by atoms with van der Waals surface area (Å²) in [5.74, 6) is 0. The van der Waals surface area contributed by atoms with Gasteiger partial charge in [0.25, 0.3) is 0 Å². The van der Waals surface area contributed by atoms with E-state index in [1.165, 1.54) is 6.07 Å². The van der Waals surface area contributed by atoms with E-state index in [9.17, 15) is 10.1 Å². The minimum absolute atomic E-state index is 0.0951. The van der Waals surface area contributed by atoms with Crippen LogP contribution in [0.2, 0.25) is 0 Å². The molecule has 1 unspecified atom stereocenters. The first kappa shape index (κ1) is 13.5. The van der Waals surface area contributed by atoms with Gasteiger partial charge in [-0.05, 0) is 0 Å². The topological polar surface area (TPSA) is 43.1 Å². The summed E-state index contributed by atoms with van der Waals surface area (Å²) in [7, 11) is 9.92. The van der Waals surface area contributed by atoms with Gasteiger partial charge in [0, 0.05) is 0 Å². The molecule has 1 heterocycles. The van der Waals surface area contributed by atoms with Crippen LogP contribution in [-0.2, 0) is 10.6 Å². The SMILES string of the molecule is CC(C)[S]1=[Ru]([Cl])([Cl])=[CH]c2cc([N+](=O)[O-])ccc21. The molecule has 0 saturated carbocycles. The first-order valence-corrected chi connectivity index (χ1v) is 13.6. The molecule has 0 bridgehead atoms. The van der Waals surface area contributed by atoms with Gasteiger partial charge in [0.05, 0.1) is 0 Å². The van der Waals surface area contributed by atoms with E-state index in [1.807, 2.05) is 4.61 Å². The van der Waals surface area contributed by atoms with E-state index in [4.69, 9.17) is 19.4 Å². The second-order valence-corrected chi connectivity index (χ2v) is 20.8. The molecule has 1 aromatic carbocycles. The summed E-state index contributed by atoms with van der Waals surface area (Å²) in [6, 6.07) is 4.91. The van der Waals surface area contributed by atoms with E-state index in [1.54, 1.807) is 12.1 Å². The summed E-state index contributed by atoms with van der Waals surface area (Å²) in [6.45, 7) is 4.18. The quantitative estimate of drug-likeness (QED) is 0.438. The van der Waals surface area contributed by atoms with Crippen molar-refractivity contribution >= 4 is 38.1 Å². The Hall–Kier alpha value is 0.0434. The van der Waals surface area contributed by atoms with Gasteiger partial charge in [-0.3, -0.25) is 0 Å².